The van der Waals surface area contributed by atoms with Crippen LogP contribution in [0.4, 0.5) is 10.1 Å². The maximum Gasteiger partial charge on any atom is 0.205 e. The highest BCUT2D eigenvalue weighted by molar-refractivity contribution is 8.14. The van der Waals surface area contributed by atoms with Crippen LogP contribution < -0.4 is 5.73 Å². The Kier molecular flexibility index (Phi) is 6.96. The van der Waals surface area contributed by atoms with Crippen molar-refractivity contribution in [3.05, 3.63) is 30.3 Å². The van der Waals surface area contributed by atoms with Gasteiger partial charge in [0.15, 0.2) is 10.1 Å². The molecule has 0 radical (unpaired) electrons. The van der Waals surface area contributed by atoms with Crippen LogP contribution in [-0.2, 0) is 4.79 Å². The monoisotopic (exact) mass is 415 g/mol. The van der Waals surface area contributed by atoms with Gasteiger partial charge in [0.2, 0.25) is 5.17 Å². The van der Waals surface area contributed by atoms with Crippen LogP contribution in [0.3, 0.4) is 0 Å². The summed E-state index contributed by atoms with van der Waals surface area (Å²) < 4.78 is 0. The summed E-state index contributed by atoms with van der Waals surface area (Å²) in [5.74, 6) is 0.550. The zero-order chi connectivity index (χ0) is 20.1. The molecule has 0 aliphatic carbocycles. The number of carbonyl (C=O) groups excluding carboxylic acids is 1. The van der Waals surface area contributed by atoms with E-state index in [1.54, 1.807) is 18.7 Å². The smallest absolute Gasteiger partial charge is 0.205 e. The van der Waals surface area contributed by atoms with Gasteiger partial charge in [0, 0.05) is 17.2 Å². The zero-order valence-electron chi connectivity index (χ0n) is 16.3. The third-order valence-corrected chi connectivity index (χ3v) is 6.66. The van der Waals surface area contributed by atoms with E-state index >= 15 is 0 Å². The maximum absolute atomic E-state index is 11.4. The summed E-state index contributed by atoms with van der Waals surface area (Å²) >= 11 is 2.99. The van der Waals surface area contributed by atoms with E-state index in [4.69, 9.17) is 10.7 Å². The topological polar surface area (TPSA) is 93.1 Å². The molecule has 1 aromatic heterocycles. The van der Waals surface area contributed by atoms with Gasteiger partial charge in [0.1, 0.15) is 11.5 Å². The van der Waals surface area contributed by atoms with Gasteiger partial charge in [-0.05, 0) is 25.7 Å². The minimum atomic E-state index is 0.179. The molecule has 0 amide bonds. The summed E-state index contributed by atoms with van der Waals surface area (Å²) in [5.41, 5.74) is 7.61. The summed E-state index contributed by atoms with van der Waals surface area (Å²) in [6, 6.07) is 10.0. The van der Waals surface area contributed by atoms with Crippen molar-refractivity contribution in [3.8, 4) is 11.3 Å². The van der Waals surface area contributed by atoms with Gasteiger partial charge in [0.05, 0.1) is 6.04 Å². The third-order valence-electron chi connectivity index (χ3n) is 4.54. The number of nitrogen functional groups attached to an aromatic ring is 1. The van der Waals surface area contributed by atoms with Crippen LogP contribution in [0.1, 0.15) is 40.0 Å². The molecule has 0 saturated carbocycles. The molecule has 8 heteroatoms. The molecule has 1 aliphatic heterocycles. The number of ketones is 1. The molecular weight excluding hydrogens is 390 g/mol. The minimum absolute atomic E-state index is 0.179. The lowest BCUT2D eigenvalue weighted by Gasteiger charge is -2.18. The summed E-state index contributed by atoms with van der Waals surface area (Å²) in [4.78, 5) is 20.5. The van der Waals surface area contributed by atoms with Gasteiger partial charge >= 0.3 is 0 Å². The van der Waals surface area contributed by atoms with Crippen LogP contribution in [0.15, 0.2) is 45.6 Å². The Balaban J connectivity index is 1.75. The molecule has 2 N–H and O–H groups in total. The van der Waals surface area contributed by atoms with Crippen molar-refractivity contribution in [2.45, 2.75) is 51.3 Å². The number of thioether (sulfide) groups is 1. The average molecular weight is 416 g/mol. The molecule has 1 aliphatic rings. The number of nitrogens with two attached hydrogens (primary N) is 1. The molecule has 0 fully saturated rings. The largest absolute Gasteiger partial charge is 0.375 e. The quantitative estimate of drug-likeness (QED) is 0.584. The Hall–Kier alpha value is -2.06. The van der Waals surface area contributed by atoms with Crippen molar-refractivity contribution in [1.82, 2.24) is 4.98 Å². The third kappa shape index (κ3) is 5.26. The molecule has 148 valence electrons. The van der Waals surface area contributed by atoms with E-state index in [0.29, 0.717) is 32.9 Å². The molecule has 3 atom stereocenters. The second-order valence-corrected chi connectivity index (χ2v) is 9.28. The number of hydrogen-bond donors (Lipinski definition) is 1. The van der Waals surface area contributed by atoms with Crippen LogP contribution in [0.5, 0.6) is 0 Å². The standard InChI is InChI=1S/C20H25N5OS2/c1-4-16-15(11-12(2)10-13(3)26)22-20(27-16)25-24-18-17(23-19(21)28-18)14-8-6-5-7-9-14/h5-9,12,15-16H,4,10-11H2,1-3H3,(H2,21,23). The van der Waals surface area contributed by atoms with Crippen molar-refractivity contribution in [2.24, 2.45) is 21.1 Å². The fraction of sp³-hybridized carbons (Fsp3) is 0.450. The number of thiazole rings is 1. The van der Waals surface area contributed by atoms with E-state index < -0.39 is 0 Å². The Morgan fingerprint density at radius 2 is 2.04 bits per heavy atom. The second kappa shape index (κ2) is 9.43. The molecule has 0 spiro atoms. The van der Waals surface area contributed by atoms with E-state index in [1.807, 2.05) is 30.3 Å². The first-order valence-electron chi connectivity index (χ1n) is 9.43. The maximum atomic E-state index is 11.4. The fourth-order valence-corrected chi connectivity index (χ4v) is 5.06. The first kappa shape index (κ1) is 20.7. The van der Waals surface area contributed by atoms with Gasteiger partial charge in [-0.1, -0.05) is 67.3 Å². The van der Waals surface area contributed by atoms with Crippen LogP contribution in [0.25, 0.3) is 11.3 Å². The van der Waals surface area contributed by atoms with Gasteiger partial charge in [-0.2, -0.15) is 0 Å². The lowest BCUT2D eigenvalue weighted by atomic mass is 9.94. The molecule has 2 heterocycles. The molecular formula is C20H25N5OS2. The van der Waals surface area contributed by atoms with E-state index in [9.17, 15) is 4.79 Å². The molecule has 3 unspecified atom stereocenters. The SMILES string of the molecule is CCC1SC(N=Nc2sc(N)nc2-c2ccccc2)=NC1CC(C)CC(C)=O. The number of benzene rings is 1. The number of nitrogens with zero attached hydrogens (tertiary/aromatic N) is 4. The number of anilines is 1. The van der Waals surface area contributed by atoms with Crippen molar-refractivity contribution in [3.63, 3.8) is 0 Å². The first-order valence-corrected chi connectivity index (χ1v) is 11.1. The molecule has 28 heavy (non-hydrogen) atoms. The fourth-order valence-electron chi connectivity index (χ4n) is 3.33. The minimum Gasteiger partial charge on any atom is -0.375 e. The summed E-state index contributed by atoms with van der Waals surface area (Å²) in [5, 5.41) is 11.0. The Labute approximate surface area is 173 Å². The highest BCUT2D eigenvalue weighted by Crippen LogP contribution is 2.39. The zero-order valence-corrected chi connectivity index (χ0v) is 18.0. The van der Waals surface area contributed by atoms with E-state index in [-0.39, 0.29) is 11.8 Å². The number of rotatable bonds is 7. The highest BCUT2D eigenvalue weighted by atomic mass is 32.2. The Bertz CT molecular complexity index is 878. The second-order valence-electron chi connectivity index (χ2n) is 7.06. The molecule has 0 saturated heterocycles. The Morgan fingerprint density at radius 3 is 2.71 bits per heavy atom. The number of aliphatic imine (C=N–C) groups is 1. The van der Waals surface area contributed by atoms with Crippen LogP contribution in [0, 0.1) is 5.92 Å². The Morgan fingerprint density at radius 1 is 1.29 bits per heavy atom. The number of azo groups is 1. The lowest BCUT2D eigenvalue weighted by Crippen LogP contribution is -2.20. The van der Waals surface area contributed by atoms with Gasteiger partial charge < -0.3 is 10.5 Å². The number of Topliss-reactive ketones (excluding diaryl/α,β-unsaturated/α-hetero) is 1. The van der Waals surface area contributed by atoms with Crippen LogP contribution in [-0.4, -0.2) is 27.2 Å². The predicted molar refractivity (Wildman–Crippen MR) is 118 cm³/mol. The first-order chi connectivity index (χ1) is 13.5. The van der Waals surface area contributed by atoms with Crippen LogP contribution in [0.2, 0.25) is 0 Å². The highest BCUT2D eigenvalue weighted by Gasteiger charge is 2.30. The molecule has 6 nitrogen and oxygen atoms in total. The normalized spacial score (nSPS) is 20.5. The van der Waals surface area contributed by atoms with Gasteiger partial charge in [-0.15, -0.1) is 10.2 Å². The van der Waals surface area contributed by atoms with Crippen molar-refractivity contribution in [2.75, 3.05) is 5.73 Å². The van der Waals surface area contributed by atoms with Gasteiger partial charge in [0.25, 0.3) is 0 Å². The number of carbonyl (C=O) groups is 1. The van der Waals surface area contributed by atoms with Crippen molar-refractivity contribution >= 4 is 44.2 Å². The van der Waals surface area contributed by atoms with Crippen molar-refractivity contribution < 1.29 is 4.79 Å². The molecule has 1 aromatic carbocycles. The van der Waals surface area contributed by atoms with Crippen molar-refractivity contribution in [1.29, 1.82) is 0 Å². The van der Waals surface area contributed by atoms with Gasteiger partial charge in [-0.3, -0.25) is 4.99 Å². The van der Waals surface area contributed by atoms with Gasteiger partial charge in [-0.25, -0.2) is 4.98 Å². The van der Waals surface area contributed by atoms with Crippen LogP contribution >= 0.6 is 23.1 Å². The molecule has 3 rings (SSSR count). The summed E-state index contributed by atoms with van der Waals surface area (Å²) in [6.45, 7) is 5.92. The van der Waals surface area contributed by atoms with E-state index in [0.717, 1.165) is 24.1 Å². The van der Waals surface area contributed by atoms with E-state index in [2.05, 4.69) is 29.1 Å². The number of amidine groups is 1. The lowest BCUT2D eigenvalue weighted by molar-refractivity contribution is -0.117. The molecule has 2 aromatic rings. The van der Waals surface area contributed by atoms with E-state index in [1.165, 1.54) is 11.3 Å². The molecule has 0 bridgehead atoms. The average Bonchev–Trinajstić information content (AvgIpc) is 3.22. The number of aromatic nitrogens is 1. The summed E-state index contributed by atoms with van der Waals surface area (Å²) in [6.07, 6.45) is 2.50. The predicted octanol–water partition coefficient (Wildman–Crippen LogP) is 5.73. The summed E-state index contributed by atoms with van der Waals surface area (Å²) in [7, 11) is 0. The number of hydrogen-bond acceptors (Lipinski definition) is 8.